The van der Waals surface area contributed by atoms with E-state index in [2.05, 4.69) is 15.6 Å². The van der Waals surface area contributed by atoms with Gasteiger partial charge in [-0.3, -0.25) is 4.79 Å². The number of anilines is 1. The minimum absolute atomic E-state index is 0.150. The zero-order valence-electron chi connectivity index (χ0n) is 11.6. The van der Waals surface area contributed by atoms with Crippen LogP contribution in [0.25, 0.3) is 0 Å². The second-order valence-corrected chi connectivity index (χ2v) is 3.99. The van der Waals surface area contributed by atoms with Crippen molar-refractivity contribution in [3.63, 3.8) is 0 Å². The van der Waals surface area contributed by atoms with Gasteiger partial charge in [0, 0.05) is 33.5 Å². The number of ether oxygens (including phenoxy) is 2. The first-order chi connectivity index (χ1) is 9.21. The largest absolute Gasteiger partial charge is 0.382 e. The molecule has 106 valence electrons. The molecule has 1 unspecified atom stereocenters. The molecule has 0 aromatic carbocycles. The van der Waals surface area contributed by atoms with Gasteiger partial charge in [-0.05, 0) is 19.1 Å². The van der Waals surface area contributed by atoms with Crippen LogP contribution >= 0.6 is 0 Å². The Labute approximate surface area is 113 Å². The van der Waals surface area contributed by atoms with E-state index in [0.29, 0.717) is 18.7 Å². The minimum atomic E-state index is -0.172. The van der Waals surface area contributed by atoms with Crippen LogP contribution in [0.4, 0.5) is 5.82 Å². The van der Waals surface area contributed by atoms with Crippen LogP contribution in [0.3, 0.4) is 0 Å². The van der Waals surface area contributed by atoms with Crippen molar-refractivity contribution in [1.82, 2.24) is 10.3 Å². The number of amides is 1. The highest BCUT2D eigenvalue weighted by Gasteiger charge is 2.10. The molecule has 0 bridgehead atoms. The average molecular weight is 267 g/mol. The van der Waals surface area contributed by atoms with E-state index in [0.717, 1.165) is 12.4 Å². The van der Waals surface area contributed by atoms with E-state index >= 15 is 0 Å². The molecule has 1 rings (SSSR count). The van der Waals surface area contributed by atoms with Crippen molar-refractivity contribution in [1.29, 1.82) is 0 Å². The topological polar surface area (TPSA) is 72.5 Å². The molecule has 1 heterocycles. The highest BCUT2D eigenvalue weighted by atomic mass is 16.5. The van der Waals surface area contributed by atoms with Gasteiger partial charge >= 0.3 is 0 Å². The Morgan fingerprint density at radius 2 is 2.21 bits per heavy atom. The van der Waals surface area contributed by atoms with Crippen LogP contribution < -0.4 is 10.6 Å². The number of hydrogen-bond donors (Lipinski definition) is 2. The number of nitrogens with one attached hydrogen (secondary N) is 2. The van der Waals surface area contributed by atoms with E-state index in [4.69, 9.17) is 9.47 Å². The molecule has 1 aromatic heterocycles. The maximum Gasteiger partial charge on any atom is 0.252 e. The van der Waals surface area contributed by atoms with E-state index in [1.807, 2.05) is 6.92 Å². The predicted molar refractivity (Wildman–Crippen MR) is 73.4 cm³/mol. The summed E-state index contributed by atoms with van der Waals surface area (Å²) in [5.74, 6) is 0.585. The summed E-state index contributed by atoms with van der Waals surface area (Å²) in [4.78, 5) is 16.0. The lowest BCUT2D eigenvalue weighted by atomic mass is 10.2. The van der Waals surface area contributed by atoms with Crippen LogP contribution in [0, 0.1) is 0 Å². The molecule has 1 atom stereocenters. The summed E-state index contributed by atoms with van der Waals surface area (Å²) in [5, 5.41) is 5.85. The molecule has 19 heavy (non-hydrogen) atoms. The summed E-state index contributed by atoms with van der Waals surface area (Å²) in [5.41, 5.74) is 0.522. The number of methoxy groups -OCH3 is 2. The molecular formula is C13H21N3O3. The van der Waals surface area contributed by atoms with Crippen molar-refractivity contribution in [3.8, 4) is 0 Å². The van der Waals surface area contributed by atoms with Crippen LogP contribution in [-0.2, 0) is 9.47 Å². The van der Waals surface area contributed by atoms with Crippen LogP contribution in [0.2, 0.25) is 0 Å². The minimum Gasteiger partial charge on any atom is -0.382 e. The highest BCUT2D eigenvalue weighted by molar-refractivity contribution is 5.94. The van der Waals surface area contributed by atoms with Gasteiger partial charge in [-0.25, -0.2) is 4.98 Å². The van der Waals surface area contributed by atoms with Crippen molar-refractivity contribution in [3.05, 3.63) is 23.9 Å². The van der Waals surface area contributed by atoms with E-state index in [1.165, 1.54) is 0 Å². The first-order valence-corrected chi connectivity index (χ1v) is 6.21. The normalized spacial score (nSPS) is 11.9. The second-order valence-electron chi connectivity index (χ2n) is 3.99. The third kappa shape index (κ3) is 5.23. The Morgan fingerprint density at radius 1 is 1.42 bits per heavy atom. The van der Waals surface area contributed by atoms with Gasteiger partial charge in [-0.1, -0.05) is 0 Å². The molecule has 0 aliphatic rings. The lowest BCUT2D eigenvalue weighted by Crippen LogP contribution is -2.35. The molecule has 0 radical (unpaired) electrons. The second kappa shape index (κ2) is 8.44. The fraction of sp³-hybridized carbons (Fsp3) is 0.538. The first-order valence-electron chi connectivity index (χ1n) is 6.21. The number of pyridine rings is 1. The standard InChI is InChI=1S/C13H21N3O3/c1-4-14-12-6-5-10(7-15-12)13(17)16-8-11(19-3)9-18-2/h5-7,11H,4,8-9H2,1-3H3,(H,14,15)(H,16,17). The van der Waals surface area contributed by atoms with Crippen molar-refractivity contribution < 1.29 is 14.3 Å². The smallest absolute Gasteiger partial charge is 0.252 e. The Bertz CT molecular complexity index is 381. The van der Waals surface area contributed by atoms with Crippen molar-refractivity contribution >= 4 is 11.7 Å². The summed E-state index contributed by atoms with van der Waals surface area (Å²) < 4.78 is 10.1. The number of rotatable bonds is 8. The van der Waals surface area contributed by atoms with Crippen molar-refractivity contribution in [2.24, 2.45) is 0 Å². The summed E-state index contributed by atoms with van der Waals surface area (Å²) in [6.45, 7) is 3.63. The van der Waals surface area contributed by atoms with Crippen molar-refractivity contribution in [2.45, 2.75) is 13.0 Å². The number of carbonyl (C=O) groups is 1. The maximum atomic E-state index is 11.9. The average Bonchev–Trinajstić information content (AvgIpc) is 2.44. The molecule has 0 saturated carbocycles. The molecule has 1 amide bonds. The van der Waals surface area contributed by atoms with E-state index < -0.39 is 0 Å². The summed E-state index contributed by atoms with van der Waals surface area (Å²) in [6, 6.07) is 3.51. The molecule has 0 fully saturated rings. The molecular weight excluding hydrogens is 246 g/mol. The molecule has 1 aromatic rings. The van der Waals surface area contributed by atoms with Gasteiger partial charge in [0.05, 0.1) is 18.3 Å². The summed E-state index contributed by atoms with van der Waals surface area (Å²) >= 11 is 0. The van der Waals surface area contributed by atoms with Crippen LogP contribution in [-0.4, -0.2) is 50.9 Å². The van der Waals surface area contributed by atoms with Gasteiger partial charge in [0.15, 0.2) is 0 Å². The highest BCUT2D eigenvalue weighted by Crippen LogP contribution is 2.04. The van der Waals surface area contributed by atoms with Gasteiger partial charge in [-0.2, -0.15) is 0 Å². The molecule has 0 aliphatic heterocycles. The number of carbonyl (C=O) groups excluding carboxylic acids is 1. The number of hydrogen-bond acceptors (Lipinski definition) is 5. The van der Waals surface area contributed by atoms with Crippen LogP contribution in [0.5, 0.6) is 0 Å². The lowest BCUT2D eigenvalue weighted by molar-refractivity contribution is 0.0285. The van der Waals surface area contributed by atoms with Crippen molar-refractivity contribution in [2.75, 3.05) is 39.2 Å². The third-order valence-electron chi connectivity index (χ3n) is 2.56. The van der Waals surface area contributed by atoms with E-state index in [-0.39, 0.29) is 12.0 Å². The van der Waals surface area contributed by atoms with Gasteiger partial charge in [0.1, 0.15) is 5.82 Å². The fourth-order valence-corrected chi connectivity index (χ4v) is 1.52. The van der Waals surface area contributed by atoms with E-state index in [1.54, 1.807) is 32.5 Å². The molecule has 6 nitrogen and oxygen atoms in total. The van der Waals surface area contributed by atoms with E-state index in [9.17, 15) is 4.79 Å². The van der Waals surface area contributed by atoms with Crippen LogP contribution in [0.1, 0.15) is 17.3 Å². The number of nitrogens with zero attached hydrogens (tertiary/aromatic N) is 1. The number of aromatic nitrogens is 1. The molecule has 0 aliphatic carbocycles. The Kier molecular flexibility index (Phi) is 6.84. The summed E-state index contributed by atoms with van der Waals surface area (Å²) in [6.07, 6.45) is 1.40. The van der Waals surface area contributed by atoms with Gasteiger partial charge in [0.2, 0.25) is 0 Å². The fourth-order valence-electron chi connectivity index (χ4n) is 1.52. The van der Waals surface area contributed by atoms with Crippen LogP contribution in [0.15, 0.2) is 18.3 Å². The molecule has 0 spiro atoms. The maximum absolute atomic E-state index is 11.9. The van der Waals surface area contributed by atoms with Gasteiger partial charge in [-0.15, -0.1) is 0 Å². The zero-order chi connectivity index (χ0) is 14.1. The molecule has 6 heteroatoms. The molecule has 0 saturated heterocycles. The zero-order valence-corrected chi connectivity index (χ0v) is 11.6. The Balaban J connectivity index is 2.48. The lowest BCUT2D eigenvalue weighted by Gasteiger charge is -2.15. The SMILES string of the molecule is CCNc1ccc(C(=O)NCC(COC)OC)cn1. The van der Waals surface area contributed by atoms with Gasteiger partial charge in [0.25, 0.3) is 5.91 Å². The quantitative estimate of drug-likeness (QED) is 0.732. The Hall–Kier alpha value is -1.66. The summed E-state index contributed by atoms with van der Waals surface area (Å²) in [7, 11) is 3.18. The Morgan fingerprint density at radius 3 is 2.74 bits per heavy atom. The monoisotopic (exact) mass is 267 g/mol. The third-order valence-corrected chi connectivity index (χ3v) is 2.56. The first kappa shape index (κ1) is 15.4. The van der Waals surface area contributed by atoms with Gasteiger partial charge < -0.3 is 20.1 Å². The molecule has 2 N–H and O–H groups in total. The predicted octanol–water partition coefficient (Wildman–Crippen LogP) is 0.905.